The molecular formula is C11H9ClFN3O4S. The molecule has 0 bridgehead atoms. The van der Waals surface area contributed by atoms with E-state index in [1.165, 1.54) is 0 Å². The first-order chi connectivity index (χ1) is 9.79. The van der Waals surface area contributed by atoms with Crippen molar-refractivity contribution >= 4 is 27.4 Å². The fourth-order valence-electron chi connectivity index (χ4n) is 1.51. The molecule has 0 aliphatic heterocycles. The van der Waals surface area contributed by atoms with Gasteiger partial charge < -0.3 is 5.11 Å². The van der Waals surface area contributed by atoms with Gasteiger partial charge in [-0.2, -0.15) is 0 Å². The number of halogens is 2. The predicted molar refractivity (Wildman–Crippen MR) is 70.4 cm³/mol. The lowest BCUT2D eigenvalue weighted by Crippen LogP contribution is -2.14. The zero-order valence-electron chi connectivity index (χ0n) is 10.4. The normalized spacial score (nSPS) is 11.5. The number of aromatic carboxylic acids is 1. The fraction of sp³-hybridized carbons (Fsp3) is 0.182. The molecule has 112 valence electrons. The van der Waals surface area contributed by atoms with Gasteiger partial charge in [0.15, 0.2) is 15.5 Å². The molecule has 2 aromatic rings. The lowest BCUT2D eigenvalue weighted by molar-refractivity contribution is 0.0690. The molecule has 0 saturated heterocycles. The zero-order valence-corrected chi connectivity index (χ0v) is 12.0. The van der Waals surface area contributed by atoms with Crippen LogP contribution in [0.2, 0.25) is 5.02 Å². The van der Waals surface area contributed by atoms with Gasteiger partial charge in [-0.1, -0.05) is 16.8 Å². The molecule has 0 aliphatic carbocycles. The fourth-order valence-corrected chi connectivity index (χ4v) is 2.99. The van der Waals surface area contributed by atoms with Crippen LogP contribution >= 0.6 is 11.6 Å². The Labute approximate surface area is 123 Å². The van der Waals surface area contributed by atoms with E-state index in [0.717, 1.165) is 29.1 Å². The number of hydrogen-bond acceptors (Lipinski definition) is 5. The molecule has 1 aromatic heterocycles. The number of rotatable bonds is 5. The van der Waals surface area contributed by atoms with Crippen LogP contribution in [0.15, 0.2) is 29.3 Å². The summed E-state index contributed by atoms with van der Waals surface area (Å²) in [7, 11) is -3.70. The Hall–Kier alpha value is -2.00. The second-order valence-corrected chi connectivity index (χ2v) is 6.58. The third-order valence-corrected chi connectivity index (χ3v) is 4.58. The molecule has 0 aliphatic rings. The number of benzene rings is 1. The summed E-state index contributed by atoms with van der Waals surface area (Å²) in [5.41, 5.74) is -0.280. The van der Waals surface area contributed by atoms with E-state index in [2.05, 4.69) is 10.3 Å². The minimum Gasteiger partial charge on any atom is -0.476 e. The highest BCUT2D eigenvalue weighted by molar-refractivity contribution is 7.91. The van der Waals surface area contributed by atoms with Crippen molar-refractivity contribution in [1.29, 1.82) is 0 Å². The van der Waals surface area contributed by atoms with Crippen LogP contribution in [0.3, 0.4) is 0 Å². The first-order valence-corrected chi connectivity index (χ1v) is 7.64. The summed E-state index contributed by atoms with van der Waals surface area (Å²) in [6, 6.07) is 3.10. The third-order valence-electron chi connectivity index (χ3n) is 2.60. The Morgan fingerprint density at radius 2 is 2.14 bits per heavy atom. The summed E-state index contributed by atoms with van der Waals surface area (Å²) < 4.78 is 38.2. The van der Waals surface area contributed by atoms with Crippen LogP contribution in [0.1, 0.15) is 10.5 Å². The molecule has 2 rings (SSSR count). The molecule has 1 heterocycles. The van der Waals surface area contributed by atoms with Crippen LogP contribution in [-0.4, -0.2) is 40.2 Å². The number of carboxylic acid groups (broad SMARTS) is 1. The minimum absolute atomic E-state index is 0.0857. The van der Waals surface area contributed by atoms with Gasteiger partial charge in [0.05, 0.1) is 28.4 Å². The highest BCUT2D eigenvalue weighted by Crippen LogP contribution is 2.20. The van der Waals surface area contributed by atoms with E-state index in [0.29, 0.717) is 0 Å². The summed E-state index contributed by atoms with van der Waals surface area (Å²) >= 11 is 5.54. The van der Waals surface area contributed by atoms with Crippen LogP contribution < -0.4 is 0 Å². The van der Waals surface area contributed by atoms with Crippen molar-refractivity contribution in [2.24, 2.45) is 0 Å². The number of carboxylic acids is 1. The largest absolute Gasteiger partial charge is 0.476 e. The van der Waals surface area contributed by atoms with Gasteiger partial charge in [0.25, 0.3) is 0 Å². The smallest absolute Gasteiger partial charge is 0.358 e. The van der Waals surface area contributed by atoms with Crippen LogP contribution in [-0.2, 0) is 16.4 Å². The van der Waals surface area contributed by atoms with Gasteiger partial charge in [-0.25, -0.2) is 17.6 Å². The van der Waals surface area contributed by atoms with Gasteiger partial charge >= 0.3 is 5.97 Å². The molecule has 7 nitrogen and oxygen atoms in total. The molecule has 0 spiro atoms. The molecule has 0 atom stereocenters. The van der Waals surface area contributed by atoms with E-state index in [9.17, 15) is 17.6 Å². The van der Waals surface area contributed by atoms with Crippen LogP contribution in [0.4, 0.5) is 4.39 Å². The number of carbonyl (C=O) groups is 1. The van der Waals surface area contributed by atoms with E-state index < -0.39 is 21.6 Å². The molecule has 0 amide bonds. The molecule has 0 saturated carbocycles. The van der Waals surface area contributed by atoms with Gasteiger partial charge in [0.1, 0.15) is 5.82 Å². The Morgan fingerprint density at radius 1 is 1.43 bits per heavy atom. The number of sulfone groups is 1. The van der Waals surface area contributed by atoms with Gasteiger partial charge in [-0.3, -0.25) is 4.68 Å². The van der Waals surface area contributed by atoms with Gasteiger partial charge in [-0.15, -0.1) is 5.10 Å². The van der Waals surface area contributed by atoms with Crippen LogP contribution in [0, 0.1) is 5.82 Å². The Bertz CT molecular complexity index is 791. The average molecular weight is 334 g/mol. The van der Waals surface area contributed by atoms with Gasteiger partial charge in [0.2, 0.25) is 0 Å². The standard InChI is InChI=1S/C11H9ClFN3O4S/c12-8-5-7(1-2-9(8)13)21(19,20)4-3-16-6-10(11(17)18)14-15-16/h1-2,5-6H,3-4H2,(H,17,18). The van der Waals surface area contributed by atoms with E-state index in [4.69, 9.17) is 16.7 Å². The lowest BCUT2D eigenvalue weighted by Gasteiger charge is -2.05. The molecule has 0 fully saturated rings. The molecule has 21 heavy (non-hydrogen) atoms. The maximum Gasteiger partial charge on any atom is 0.358 e. The van der Waals surface area contributed by atoms with Crippen molar-refractivity contribution in [1.82, 2.24) is 15.0 Å². The quantitative estimate of drug-likeness (QED) is 0.826. The number of aryl methyl sites for hydroxylation is 1. The second kappa shape index (κ2) is 5.78. The average Bonchev–Trinajstić information content (AvgIpc) is 2.89. The summed E-state index contributed by atoms with van der Waals surface area (Å²) in [5, 5.41) is 15.3. The van der Waals surface area contributed by atoms with Crippen molar-refractivity contribution in [3.05, 3.63) is 40.9 Å². The zero-order chi connectivity index (χ0) is 15.6. The van der Waals surface area contributed by atoms with Crippen LogP contribution in [0.25, 0.3) is 0 Å². The highest BCUT2D eigenvalue weighted by Gasteiger charge is 2.17. The van der Waals surface area contributed by atoms with Crippen molar-refractivity contribution in [2.75, 3.05) is 5.75 Å². The summed E-state index contributed by atoms with van der Waals surface area (Å²) in [6.07, 6.45) is 1.12. The van der Waals surface area contributed by atoms with Crippen molar-refractivity contribution in [2.45, 2.75) is 11.4 Å². The van der Waals surface area contributed by atoms with E-state index in [1.54, 1.807) is 0 Å². The van der Waals surface area contributed by atoms with Gasteiger partial charge in [0, 0.05) is 0 Å². The SMILES string of the molecule is O=C(O)c1cn(CCS(=O)(=O)c2ccc(F)c(Cl)c2)nn1. The Kier molecular flexibility index (Phi) is 4.24. The number of aromatic nitrogens is 3. The lowest BCUT2D eigenvalue weighted by atomic mass is 10.3. The topological polar surface area (TPSA) is 102 Å². The predicted octanol–water partition coefficient (Wildman–Crippen LogP) is 1.24. The van der Waals surface area contributed by atoms with E-state index in [-0.39, 0.29) is 27.9 Å². The maximum absolute atomic E-state index is 13.0. The Morgan fingerprint density at radius 3 is 2.71 bits per heavy atom. The molecule has 0 radical (unpaired) electrons. The summed E-state index contributed by atoms with van der Waals surface area (Å²) in [6.45, 7) is -0.0857. The molecular weight excluding hydrogens is 325 g/mol. The Balaban J connectivity index is 2.13. The highest BCUT2D eigenvalue weighted by atomic mass is 35.5. The van der Waals surface area contributed by atoms with E-state index >= 15 is 0 Å². The van der Waals surface area contributed by atoms with Crippen LogP contribution in [0.5, 0.6) is 0 Å². The summed E-state index contributed by atoms with van der Waals surface area (Å²) in [5.74, 6) is -2.32. The first-order valence-electron chi connectivity index (χ1n) is 5.61. The number of nitrogens with zero attached hydrogens (tertiary/aromatic N) is 3. The third kappa shape index (κ3) is 3.56. The van der Waals surface area contributed by atoms with Crippen molar-refractivity contribution in [3.63, 3.8) is 0 Å². The van der Waals surface area contributed by atoms with E-state index in [1.807, 2.05) is 0 Å². The van der Waals surface area contributed by atoms with Gasteiger partial charge in [-0.05, 0) is 18.2 Å². The minimum atomic E-state index is -3.70. The second-order valence-electron chi connectivity index (χ2n) is 4.07. The monoisotopic (exact) mass is 333 g/mol. The molecule has 10 heteroatoms. The molecule has 1 N–H and O–H groups in total. The number of hydrogen-bond donors (Lipinski definition) is 1. The van der Waals surface area contributed by atoms with Crippen molar-refractivity contribution in [3.8, 4) is 0 Å². The molecule has 1 aromatic carbocycles. The maximum atomic E-state index is 13.0. The first kappa shape index (κ1) is 15.4. The van der Waals surface area contributed by atoms with Crippen molar-refractivity contribution < 1.29 is 22.7 Å². The summed E-state index contributed by atoms with van der Waals surface area (Å²) in [4.78, 5) is 10.5. The molecule has 0 unspecified atom stereocenters.